The molecule has 0 saturated carbocycles. The van der Waals surface area contributed by atoms with Crippen molar-refractivity contribution in [3.8, 4) is 11.1 Å². The number of carbonyl (C=O) groups is 2. The first-order valence-electron chi connectivity index (χ1n) is 16.7. The van der Waals surface area contributed by atoms with Gasteiger partial charge in [-0.25, -0.2) is 4.79 Å². The molecule has 0 aliphatic carbocycles. The number of amides is 2. The van der Waals surface area contributed by atoms with E-state index in [0.29, 0.717) is 25.1 Å². The van der Waals surface area contributed by atoms with Gasteiger partial charge in [0.1, 0.15) is 6.10 Å². The Hall–Kier alpha value is -3.98. The molecule has 0 radical (unpaired) electrons. The monoisotopic (exact) mass is 651 g/mol. The van der Waals surface area contributed by atoms with Crippen LogP contribution in [0.25, 0.3) is 21.9 Å². The van der Waals surface area contributed by atoms with E-state index in [4.69, 9.17) is 9.16 Å². The molecular weight excluding hydrogens is 603 g/mol. The number of rotatable bonds is 10. The number of benzene rings is 4. The Morgan fingerprint density at radius 2 is 1.53 bits per heavy atom. The minimum atomic E-state index is -1.83. The van der Waals surface area contributed by atoms with Crippen molar-refractivity contribution in [3.05, 3.63) is 96.1 Å². The molecule has 0 spiro atoms. The molecule has 7 nitrogen and oxygen atoms in total. The van der Waals surface area contributed by atoms with Crippen LogP contribution in [0.15, 0.2) is 84.9 Å². The first-order chi connectivity index (χ1) is 22.4. The van der Waals surface area contributed by atoms with Crippen LogP contribution >= 0.6 is 0 Å². The minimum absolute atomic E-state index is 0.0629. The minimum Gasteiger partial charge on any atom is -0.446 e. The second-order valence-corrected chi connectivity index (χ2v) is 19.1. The largest absolute Gasteiger partial charge is 0.446 e. The molecule has 2 amide bonds. The highest BCUT2D eigenvalue weighted by Gasteiger charge is 2.37. The number of likely N-dealkylation sites (tertiary alicyclic amines) is 1. The summed E-state index contributed by atoms with van der Waals surface area (Å²) in [5, 5.41) is 8.41. The highest BCUT2D eigenvalue weighted by molar-refractivity contribution is 6.74. The molecule has 4 aromatic rings. The van der Waals surface area contributed by atoms with Crippen LogP contribution in [-0.2, 0) is 27.0 Å². The summed E-state index contributed by atoms with van der Waals surface area (Å²) in [6, 6.07) is 28.3. The summed E-state index contributed by atoms with van der Waals surface area (Å²) in [5.74, 6) is -0.0629. The van der Waals surface area contributed by atoms with Gasteiger partial charge in [0.2, 0.25) is 5.91 Å². The van der Waals surface area contributed by atoms with Crippen LogP contribution in [0.2, 0.25) is 18.1 Å². The lowest BCUT2D eigenvalue weighted by molar-refractivity contribution is -0.116. The zero-order valence-corrected chi connectivity index (χ0v) is 29.7. The van der Waals surface area contributed by atoms with Gasteiger partial charge in [-0.1, -0.05) is 81.4 Å². The summed E-state index contributed by atoms with van der Waals surface area (Å²) in [4.78, 5) is 28.2. The molecule has 0 atom stereocenters. The van der Waals surface area contributed by atoms with E-state index in [0.717, 1.165) is 64.6 Å². The maximum atomic E-state index is 13.0. The van der Waals surface area contributed by atoms with Gasteiger partial charge in [-0.05, 0) is 96.2 Å². The van der Waals surface area contributed by atoms with E-state index in [1.807, 2.05) is 66.7 Å². The topological polar surface area (TPSA) is 79.9 Å². The van der Waals surface area contributed by atoms with Crippen LogP contribution in [0.5, 0.6) is 0 Å². The van der Waals surface area contributed by atoms with Crippen LogP contribution < -0.4 is 10.6 Å². The second-order valence-electron chi connectivity index (χ2n) is 14.3. The fourth-order valence-electron chi connectivity index (χ4n) is 5.54. The lowest BCUT2D eigenvalue weighted by Gasteiger charge is -2.36. The Morgan fingerprint density at radius 1 is 0.851 bits per heavy atom. The lowest BCUT2D eigenvalue weighted by atomic mass is 9.99. The maximum absolute atomic E-state index is 13.0. The molecule has 4 aromatic carbocycles. The normalized spacial score (nSPS) is 14.6. The van der Waals surface area contributed by atoms with Crippen molar-refractivity contribution >= 4 is 42.5 Å². The Labute approximate surface area is 280 Å². The van der Waals surface area contributed by atoms with Crippen LogP contribution in [0.3, 0.4) is 0 Å². The third-order valence-electron chi connectivity index (χ3n) is 9.58. The molecule has 8 heteroatoms. The summed E-state index contributed by atoms with van der Waals surface area (Å²) in [6.07, 6.45) is 1.97. The number of nitrogens with zero attached hydrogens (tertiary/aromatic N) is 1. The van der Waals surface area contributed by atoms with Crippen LogP contribution in [0.4, 0.5) is 16.2 Å². The zero-order valence-electron chi connectivity index (χ0n) is 28.7. The third-order valence-corrected chi connectivity index (χ3v) is 14.1. The molecule has 1 fully saturated rings. The number of fused-ring (bicyclic) bond motifs is 1. The first kappa shape index (κ1) is 34.4. The van der Waals surface area contributed by atoms with Gasteiger partial charge in [0.15, 0.2) is 8.32 Å². The fourth-order valence-corrected chi connectivity index (χ4v) is 6.50. The Morgan fingerprint density at radius 3 is 2.26 bits per heavy atom. The number of aryl methyl sites for hydroxylation is 1. The number of carbonyl (C=O) groups excluding carboxylic acids is 2. The number of ether oxygens (including phenoxy) is 1. The van der Waals surface area contributed by atoms with Gasteiger partial charge in [0.25, 0.3) is 0 Å². The van der Waals surface area contributed by atoms with Crippen LogP contribution in [0, 0.1) is 0 Å². The predicted molar refractivity (Wildman–Crippen MR) is 195 cm³/mol. The van der Waals surface area contributed by atoms with Crippen molar-refractivity contribution in [2.75, 3.05) is 30.8 Å². The van der Waals surface area contributed by atoms with Crippen molar-refractivity contribution in [1.82, 2.24) is 4.90 Å². The van der Waals surface area contributed by atoms with Crippen molar-refractivity contribution in [2.45, 2.75) is 77.3 Å². The molecule has 1 heterocycles. The molecule has 0 bridgehead atoms. The quantitative estimate of drug-likeness (QED) is 0.167. The van der Waals surface area contributed by atoms with Gasteiger partial charge in [-0.3, -0.25) is 10.1 Å². The standard InChI is InChI=1S/C39H49N3O4Si/c1-39(2,3)47(5,6)45-27-29-12-15-32-26-33(17-16-31(32)24-29)40-37(43)19-14-28-13-18-35(30-10-8-7-9-11-30)36(25-28)41-38(44)46-34-20-22-42(4)23-21-34/h7-13,15-18,24-26,34H,14,19-23,27H2,1-6H3,(H,40,43)(H,41,44). The summed E-state index contributed by atoms with van der Waals surface area (Å²) < 4.78 is 12.2. The van der Waals surface area contributed by atoms with Gasteiger partial charge >= 0.3 is 6.09 Å². The van der Waals surface area contributed by atoms with Crippen molar-refractivity contribution in [1.29, 1.82) is 0 Å². The molecule has 5 rings (SSSR count). The third kappa shape index (κ3) is 9.31. The van der Waals surface area contributed by atoms with E-state index in [9.17, 15) is 9.59 Å². The van der Waals surface area contributed by atoms with Gasteiger partial charge in [-0.2, -0.15) is 0 Å². The van der Waals surface area contributed by atoms with Gasteiger partial charge in [0, 0.05) is 30.8 Å². The van der Waals surface area contributed by atoms with Crippen molar-refractivity contribution in [3.63, 3.8) is 0 Å². The molecule has 1 aliphatic rings. The lowest BCUT2D eigenvalue weighted by Crippen LogP contribution is -2.40. The van der Waals surface area contributed by atoms with Gasteiger partial charge in [0.05, 0.1) is 12.3 Å². The predicted octanol–water partition coefficient (Wildman–Crippen LogP) is 9.24. The summed E-state index contributed by atoms with van der Waals surface area (Å²) >= 11 is 0. The summed E-state index contributed by atoms with van der Waals surface area (Å²) in [7, 11) is 0.254. The first-order valence-corrected chi connectivity index (χ1v) is 19.6. The van der Waals surface area contributed by atoms with E-state index in [2.05, 4.69) is 74.6 Å². The van der Waals surface area contributed by atoms with E-state index >= 15 is 0 Å². The van der Waals surface area contributed by atoms with E-state index < -0.39 is 14.4 Å². The molecule has 1 saturated heterocycles. The SMILES string of the molecule is CN1CCC(OC(=O)Nc2cc(CCC(=O)Nc3ccc4cc(CO[Si](C)(C)C(C)(C)C)ccc4c3)ccc2-c2ccccc2)CC1. The summed E-state index contributed by atoms with van der Waals surface area (Å²) in [5.41, 5.74) is 5.46. The molecule has 0 unspecified atom stereocenters. The molecule has 47 heavy (non-hydrogen) atoms. The van der Waals surface area contributed by atoms with Gasteiger partial charge < -0.3 is 19.4 Å². The van der Waals surface area contributed by atoms with Crippen molar-refractivity contribution in [2.24, 2.45) is 0 Å². The number of hydrogen-bond donors (Lipinski definition) is 2. The number of nitrogens with one attached hydrogen (secondary N) is 2. The highest BCUT2D eigenvalue weighted by atomic mass is 28.4. The molecule has 248 valence electrons. The molecule has 0 aromatic heterocycles. The maximum Gasteiger partial charge on any atom is 0.411 e. The smallest absolute Gasteiger partial charge is 0.411 e. The Balaban J connectivity index is 1.20. The molecular formula is C39H49N3O4Si. The Bertz CT molecular complexity index is 1690. The zero-order chi connectivity index (χ0) is 33.6. The average Bonchev–Trinajstić information content (AvgIpc) is 3.04. The Kier molecular flexibility index (Phi) is 10.8. The van der Waals surface area contributed by atoms with Gasteiger partial charge in [-0.15, -0.1) is 0 Å². The number of hydrogen-bond acceptors (Lipinski definition) is 5. The number of anilines is 2. The van der Waals surface area contributed by atoms with E-state index in [1.165, 1.54) is 0 Å². The fraction of sp³-hybridized carbons (Fsp3) is 0.385. The van der Waals surface area contributed by atoms with Crippen LogP contribution in [-0.4, -0.2) is 51.5 Å². The van der Waals surface area contributed by atoms with E-state index in [-0.39, 0.29) is 17.0 Å². The van der Waals surface area contributed by atoms with Crippen molar-refractivity contribution < 1.29 is 18.8 Å². The van der Waals surface area contributed by atoms with E-state index in [1.54, 1.807) is 0 Å². The molecule has 2 N–H and O–H groups in total. The molecule has 1 aliphatic heterocycles. The average molecular weight is 652 g/mol. The highest BCUT2D eigenvalue weighted by Crippen LogP contribution is 2.37. The van der Waals surface area contributed by atoms with Crippen LogP contribution in [0.1, 0.15) is 51.2 Å². The number of piperidine rings is 1. The second kappa shape index (κ2) is 14.8. The summed E-state index contributed by atoms with van der Waals surface area (Å²) in [6.45, 7) is 13.7.